The third kappa shape index (κ3) is 5.18. The fraction of sp³-hybridized carbons (Fsp3) is 0.143. The molecule has 0 saturated heterocycles. The summed E-state index contributed by atoms with van der Waals surface area (Å²) in [5.74, 6) is -0.264. The zero-order valence-electron chi connectivity index (χ0n) is 16.5. The van der Waals surface area contributed by atoms with Crippen LogP contribution in [0.5, 0.6) is 0 Å². The van der Waals surface area contributed by atoms with Crippen LogP contribution < -0.4 is 10.9 Å². The van der Waals surface area contributed by atoms with Crippen molar-refractivity contribution in [2.45, 2.75) is 19.4 Å². The van der Waals surface area contributed by atoms with Crippen LogP contribution in [-0.2, 0) is 11.3 Å². The summed E-state index contributed by atoms with van der Waals surface area (Å²) in [6, 6.07) is 20.6. The van der Waals surface area contributed by atoms with Crippen molar-refractivity contribution in [3.63, 3.8) is 0 Å². The van der Waals surface area contributed by atoms with Crippen LogP contribution in [0.1, 0.15) is 23.3 Å². The number of hydrogen-bond acceptors (Lipinski definition) is 6. The Bertz CT molecular complexity index is 1150. The number of nitrogens with zero attached hydrogens (tertiary/aromatic N) is 5. The van der Waals surface area contributed by atoms with Gasteiger partial charge in [0.1, 0.15) is 5.69 Å². The normalized spacial score (nSPS) is 10.6. The quantitative estimate of drug-likeness (QED) is 0.395. The van der Waals surface area contributed by atoms with Gasteiger partial charge >= 0.3 is 0 Å². The number of nitrogens with one attached hydrogen (secondary N) is 3. The molecule has 0 radical (unpaired) electrons. The van der Waals surface area contributed by atoms with Gasteiger partial charge < -0.3 is 0 Å². The Morgan fingerprint density at radius 2 is 1.65 bits per heavy atom. The summed E-state index contributed by atoms with van der Waals surface area (Å²) in [6.07, 6.45) is 0.690. The van der Waals surface area contributed by atoms with Gasteiger partial charge in [-0.25, -0.2) is 0 Å². The van der Waals surface area contributed by atoms with Crippen LogP contribution >= 0.6 is 0 Å². The Hall–Kier alpha value is -4.34. The van der Waals surface area contributed by atoms with E-state index in [4.69, 9.17) is 0 Å². The highest BCUT2D eigenvalue weighted by Crippen LogP contribution is 2.16. The number of hydrogen-bond donors (Lipinski definition) is 3. The molecule has 31 heavy (non-hydrogen) atoms. The summed E-state index contributed by atoms with van der Waals surface area (Å²) in [7, 11) is 0. The number of carbonyl (C=O) groups excluding carboxylic acids is 2. The number of carbonyl (C=O) groups is 2. The molecular weight excluding hydrogens is 396 g/mol. The summed E-state index contributed by atoms with van der Waals surface area (Å²) in [5, 5.41) is 19.1. The lowest BCUT2D eigenvalue weighted by Crippen LogP contribution is -2.41. The fourth-order valence-corrected chi connectivity index (χ4v) is 2.87. The monoisotopic (exact) mass is 416 g/mol. The first-order valence-corrected chi connectivity index (χ1v) is 9.72. The van der Waals surface area contributed by atoms with Crippen molar-refractivity contribution in [2.75, 3.05) is 0 Å². The molecule has 156 valence electrons. The van der Waals surface area contributed by atoms with Crippen LogP contribution in [0, 0.1) is 0 Å². The summed E-state index contributed by atoms with van der Waals surface area (Å²) in [4.78, 5) is 25.7. The lowest BCUT2D eigenvalue weighted by Gasteiger charge is -2.05. The number of benzene rings is 2. The first-order chi connectivity index (χ1) is 15.2. The van der Waals surface area contributed by atoms with Crippen molar-refractivity contribution in [3.8, 4) is 22.6 Å². The van der Waals surface area contributed by atoms with Gasteiger partial charge in [-0.05, 0) is 17.7 Å². The minimum absolute atomic E-state index is 0.195. The van der Waals surface area contributed by atoms with Gasteiger partial charge in [0, 0.05) is 17.5 Å². The average molecular weight is 416 g/mol. The molecule has 3 N–H and O–H groups in total. The molecule has 0 atom stereocenters. The lowest BCUT2D eigenvalue weighted by molar-refractivity contribution is -0.122. The zero-order valence-corrected chi connectivity index (χ0v) is 16.5. The molecule has 0 bridgehead atoms. The van der Waals surface area contributed by atoms with Crippen LogP contribution in [0.4, 0.5) is 0 Å². The van der Waals surface area contributed by atoms with E-state index in [2.05, 4.69) is 36.5 Å². The van der Waals surface area contributed by atoms with Crippen LogP contribution in [0.15, 0.2) is 66.7 Å². The molecule has 2 aromatic heterocycles. The van der Waals surface area contributed by atoms with Gasteiger partial charge in [0.15, 0.2) is 0 Å². The third-order valence-corrected chi connectivity index (χ3v) is 4.45. The smallest absolute Gasteiger partial charge is 0.273 e. The molecule has 0 aliphatic carbocycles. The van der Waals surface area contributed by atoms with Crippen molar-refractivity contribution >= 4 is 11.8 Å². The van der Waals surface area contributed by atoms with Gasteiger partial charge in [0.2, 0.25) is 11.7 Å². The zero-order chi connectivity index (χ0) is 21.5. The van der Waals surface area contributed by atoms with Gasteiger partial charge in [-0.1, -0.05) is 60.7 Å². The van der Waals surface area contributed by atoms with Gasteiger partial charge in [-0.3, -0.25) is 25.5 Å². The van der Waals surface area contributed by atoms with E-state index < -0.39 is 5.91 Å². The highest BCUT2D eigenvalue weighted by atomic mass is 16.2. The van der Waals surface area contributed by atoms with E-state index in [-0.39, 0.29) is 18.0 Å². The standard InChI is InChI=1S/C21H20N8O2/c30-19(12-7-13-29-27-20(25-28-29)16-10-5-2-6-11-16)24-26-21(31)18-14-17(22-23-18)15-8-3-1-4-9-15/h1-6,8-11,14H,7,12-13H2,(H,22,23)(H,24,30)(H,26,31). The predicted molar refractivity (Wildman–Crippen MR) is 112 cm³/mol. The topological polar surface area (TPSA) is 130 Å². The molecule has 0 saturated carbocycles. The number of rotatable bonds is 7. The largest absolute Gasteiger partial charge is 0.287 e. The number of amides is 2. The molecule has 4 rings (SSSR count). The molecule has 2 aromatic carbocycles. The molecule has 10 nitrogen and oxygen atoms in total. The lowest BCUT2D eigenvalue weighted by atomic mass is 10.1. The molecule has 0 aliphatic heterocycles. The van der Waals surface area contributed by atoms with E-state index in [0.29, 0.717) is 24.5 Å². The number of H-pyrrole nitrogens is 1. The van der Waals surface area contributed by atoms with Gasteiger partial charge in [0.05, 0.1) is 12.2 Å². The van der Waals surface area contributed by atoms with Crippen LogP contribution in [0.3, 0.4) is 0 Å². The molecular formula is C21H20N8O2. The maximum absolute atomic E-state index is 12.2. The van der Waals surface area contributed by atoms with E-state index in [1.165, 1.54) is 4.80 Å². The van der Waals surface area contributed by atoms with Crippen molar-refractivity contribution in [1.29, 1.82) is 0 Å². The number of aryl methyl sites for hydroxylation is 1. The van der Waals surface area contributed by atoms with Gasteiger partial charge in [-0.15, -0.1) is 10.2 Å². The van der Waals surface area contributed by atoms with Gasteiger partial charge in [-0.2, -0.15) is 9.90 Å². The van der Waals surface area contributed by atoms with E-state index in [1.54, 1.807) is 6.07 Å². The van der Waals surface area contributed by atoms with E-state index >= 15 is 0 Å². The van der Waals surface area contributed by atoms with E-state index in [1.807, 2.05) is 60.7 Å². The fourth-order valence-electron chi connectivity index (χ4n) is 2.87. The number of aromatic amines is 1. The summed E-state index contributed by atoms with van der Waals surface area (Å²) in [5.41, 5.74) is 7.43. The summed E-state index contributed by atoms with van der Waals surface area (Å²) >= 11 is 0. The maximum atomic E-state index is 12.2. The van der Waals surface area contributed by atoms with Crippen molar-refractivity contribution in [2.24, 2.45) is 0 Å². The van der Waals surface area contributed by atoms with Crippen molar-refractivity contribution in [1.82, 2.24) is 41.3 Å². The highest BCUT2D eigenvalue weighted by Gasteiger charge is 2.12. The number of tetrazole rings is 1. The summed E-state index contributed by atoms with van der Waals surface area (Å²) in [6.45, 7) is 0.433. The molecule has 10 heteroatoms. The average Bonchev–Trinajstić information content (AvgIpc) is 3.49. The van der Waals surface area contributed by atoms with Crippen molar-refractivity contribution in [3.05, 3.63) is 72.4 Å². The molecule has 0 aliphatic rings. The minimum Gasteiger partial charge on any atom is -0.273 e. The second-order valence-electron chi connectivity index (χ2n) is 6.71. The van der Waals surface area contributed by atoms with Crippen LogP contribution in [0.2, 0.25) is 0 Å². The van der Waals surface area contributed by atoms with E-state index in [0.717, 1.165) is 11.1 Å². The minimum atomic E-state index is -0.478. The number of aromatic nitrogens is 6. The Morgan fingerprint density at radius 3 is 2.39 bits per heavy atom. The molecule has 4 aromatic rings. The second kappa shape index (κ2) is 9.44. The Kier molecular flexibility index (Phi) is 6.08. The maximum Gasteiger partial charge on any atom is 0.287 e. The Labute approximate surface area is 177 Å². The second-order valence-corrected chi connectivity index (χ2v) is 6.71. The third-order valence-electron chi connectivity index (χ3n) is 4.45. The molecule has 0 spiro atoms. The van der Waals surface area contributed by atoms with E-state index in [9.17, 15) is 9.59 Å². The van der Waals surface area contributed by atoms with Crippen molar-refractivity contribution < 1.29 is 9.59 Å². The first kappa shape index (κ1) is 20.0. The molecule has 0 fully saturated rings. The SMILES string of the molecule is O=C(CCCn1nnc(-c2ccccc2)n1)NNC(=O)c1cc(-c2ccccc2)n[nH]1. The Balaban J connectivity index is 1.21. The number of hydrazine groups is 1. The molecule has 2 amide bonds. The molecule has 0 unspecified atom stereocenters. The summed E-state index contributed by atoms with van der Waals surface area (Å²) < 4.78 is 0. The Morgan fingerprint density at radius 1 is 0.935 bits per heavy atom. The van der Waals surface area contributed by atoms with Gasteiger partial charge in [0.25, 0.3) is 5.91 Å². The predicted octanol–water partition coefficient (Wildman–Crippen LogP) is 1.97. The van der Waals surface area contributed by atoms with Crippen LogP contribution in [0.25, 0.3) is 22.6 Å². The molecule has 2 heterocycles. The van der Waals surface area contributed by atoms with Crippen LogP contribution in [-0.4, -0.2) is 42.2 Å². The highest BCUT2D eigenvalue weighted by molar-refractivity contribution is 5.94. The first-order valence-electron chi connectivity index (χ1n) is 9.72.